The molecular formula is C4H12AgO8P3. The smallest absolute Gasteiger partial charge is 0.751 e. The molecule has 0 saturated heterocycles. The summed E-state index contributed by atoms with van der Waals surface area (Å²) in [5.41, 5.74) is 0. The summed E-state index contributed by atoms with van der Waals surface area (Å²) in [5, 5.41) is 0. The zero-order valence-electron chi connectivity index (χ0n) is 8.43. The minimum absolute atomic E-state index is 0. The Morgan fingerprint density at radius 1 is 1.06 bits per heavy atom. The molecule has 2 unspecified atom stereocenters. The zero-order valence-corrected chi connectivity index (χ0v) is 12.8. The summed E-state index contributed by atoms with van der Waals surface area (Å²) in [6, 6.07) is 0. The van der Waals surface area contributed by atoms with E-state index in [0.29, 0.717) is 0 Å². The van der Waals surface area contributed by atoms with Crippen LogP contribution in [0.2, 0.25) is 0 Å². The molecule has 0 heterocycles. The Labute approximate surface area is 111 Å². The molecule has 0 aliphatic rings. The van der Waals surface area contributed by atoms with Crippen LogP contribution in [0.1, 0.15) is 13.8 Å². The molecule has 0 spiro atoms. The van der Waals surface area contributed by atoms with Crippen LogP contribution in [0.25, 0.3) is 0 Å². The van der Waals surface area contributed by atoms with Gasteiger partial charge in [-0.3, -0.25) is 4.57 Å². The van der Waals surface area contributed by atoms with Crippen LogP contribution in [-0.4, -0.2) is 13.2 Å². The third-order valence-corrected chi connectivity index (χ3v) is 4.93. The standard InChI is InChI=1S/C4H13O8P3.Ag/c1-3-9-13(5)11-15(7,8)12-14(6)10-4-2;/h13-14H,3-4H2,1-2H3,(H,7,8);/q;+1/p-1. The van der Waals surface area contributed by atoms with Gasteiger partial charge in [0.2, 0.25) is 17.2 Å². The van der Waals surface area contributed by atoms with Crippen molar-refractivity contribution in [3.8, 4) is 0 Å². The maximum absolute atomic E-state index is 10.9. The summed E-state index contributed by atoms with van der Waals surface area (Å²) in [4.78, 5) is 32.4. The molecule has 0 amide bonds. The maximum Gasteiger partial charge on any atom is 1.00 e. The zero-order chi connectivity index (χ0) is 11.9. The van der Waals surface area contributed by atoms with Crippen molar-refractivity contribution < 1.29 is 59.3 Å². The van der Waals surface area contributed by atoms with E-state index in [9.17, 15) is 19.2 Å². The number of phosphoric acid groups is 1. The molecule has 0 aliphatic carbocycles. The van der Waals surface area contributed by atoms with Gasteiger partial charge in [-0.05, 0) is 13.8 Å². The number of hydrogen-bond acceptors (Lipinski definition) is 8. The van der Waals surface area contributed by atoms with Crippen LogP contribution in [-0.2, 0) is 44.6 Å². The Hall–Kier alpha value is 1.55. The Balaban J connectivity index is 0. The van der Waals surface area contributed by atoms with Gasteiger partial charge in [0.05, 0.1) is 13.2 Å². The second kappa shape index (κ2) is 10.5. The third-order valence-electron chi connectivity index (χ3n) is 0.897. The average molecular weight is 389 g/mol. The minimum Gasteiger partial charge on any atom is -0.751 e. The van der Waals surface area contributed by atoms with Gasteiger partial charge < -0.3 is 14.7 Å². The molecule has 0 aromatic heterocycles. The predicted octanol–water partition coefficient (Wildman–Crippen LogP) is -0.803. The fraction of sp³-hybridized carbons (Fsp3) is 1.00. The molecule has 16 heavy (non-hydrogen) atoms. The first-order valence-electron chi connectivity index (χ1n) is 3.95. The Morgan fingerprint density at radius 3 is 1.62 bits per heavy atom. The van der Waals surface area contributed by atoms with Crippen LogP contribution in [0, 0.1) is 0 Å². The first-order valence-corrected chi connectivity index (χ1v) is 7.86. The Bertz CT molecular complexity index is 199. The van der Waals surface area contributed by atoms with Gasteiger partial charge in [-0.2, -0.15) is 0 Å². The van der Waals surface area contributed by atoms with Crippen molar-refractivity contribution in [3.63, 3.8) is 0 Å². The van der Waals surface area contributed by atoms with Gasteiger partial charge in [0, 0.05) is 0 Å². The summed E-state index contributed by atoms with van der Waals surface area (Å²) in [5.74, 6) is 0. The van der Waals surface area contributed by atoms with Crippen molar-refractivity contribution in [2.45, 2.75) is 13.8 Å². The van der Waals surface area contributed by atoms with E-state index >= 15 is 0 Å². The average Bonchev–Trinajstić information content (AvgIpc) is 2.01. The van der Waals surface area contributed by atoms with Crippen LogP contribution in [0.3, 0.4) is 0 Å². The van der Waals surface area contributed by atoms with Gasteiger partial charge in [-0.15, -0.1) is 8.62 Å². The summed E-state index contributed by atoms with van der Waals surface area (Å²) in [7, 11) is -11.3. The van der Waals surface area contributed by atoms with Gasteiger partial charge in [-0.25, -0.2) is 9.05 Å². The first-order chi connectivity index (χ1) is 6.91. The van der Waals surface area contributed by atoms with E-state index in [1.54, 1.807) is 0 Å². The van der Waals surface area contributed by atoms with E-state index in [-0.39, 0.29) is 35.6 Å². The summed E-state index contributed by atoms with van der Waals surface area (Å²) in [6.45, 7) is 3.06. The second-order valence-electron chi connectivity index (χ2n) is 2.00. The molecule has 12 heteroatoms. The molecule has 8 nitrogen and oxygen atoms in total. The normalized spacial score (nSPS) is 18.3. The monoisotopic (exact) mass is 388 g/mol. The second-order valence-corrected chi connectivity index (χ2v) is 5.93. The van der Waals surface area contributed by atoms with Gasteiger partial charge in [0.15, 0.2) is 0 Å². The van der Waals surface area contributed by atoms with Gasteiger partial charge in [0.25, 0.3) is 0 Å². The predicted molar refractivity (Wildman–Crippen MR) is 49.7 cm³/mol. The fourth-order valence-electron chi connectivity index (χ4n) is 0.490. The van der Waals surface area contributed by atoms with E-state index in [1.807, 2.05) is 0 Å². The summed E-state index contributed by atoms with van der Waals surface area (Å²) < 4.78 is 27.5. The summed E-state index contributed by atoms with van der Waals surface area (Å²) >= 11 is 0. The van der Waals surface area contributed by atoms with Gasteiger partial charge in [-0.1, -0.05) is 0 Å². The Kier molecular flexibility index (Phi) is 13.0. The number of hydrogen-bond donors (Lipinski definition) is 0. The molecule has 0 radical (unpaired) electrons. The quantitative estimate of drug-likeness (QED) is 0.391. The van der Waals surface area contributed by atoms with Crippen LogP contribution in [0.15, 0.2) is 0 Å². The van der Waals surface area contributed by atoms with E-state index in [0.717, 1.165) is 0 Å². The minimum atomic E-state index is -4.90. The van der Waals surface area contributed by atoms with E-state index in [4.69, 9.17) is 0 Å². The van der Waals surface area contributed by atoms with Crippen LogP contribution >= 0.6 is 25.0 Å². The Morgan fingerprint density at radius 2 is 1.38 bits per heavy atom. The number of rotatable bonds is 8. The SMILES string of the molecule is CCO[PH+]([O-])OP(=O)([O-])O[PH+]([O-])OCC.[Ag+]. The van der Waals surface area contributed by atoms with Gasteiger partial charge >= 0.3 is 30.2 Å². The molecule has 0 aromatic carbocycles. The molecule has 0 aliphatic heterocycles. The van der Waals surface area contributed by atoms with Gasteiger partial charge in [0.1, 0.15) is 0 Å². The maximum atomic E-state index is 10.9. The van der Waals surface area contributed by atoms with Crippen molar-refractivity contribution in [3.05, 3.63) is 0 Å². The van der Waals surface area contributed by atoms with Crippen LogP contribution in [0.5, 0.6) is 0 Å². The molecule has 0 aromatic rings. The molecule has 0 N–H and O–H groups in total. The van der Waals surface area contributed by atoms with E-state index < -0.39 is 25.0 Å². The molecule has 0 rings (SSSR count). The van der Waals surface area contributed by atoms with Crippen LogP contribution in [0.4, 0.5) is 0 Å². The fourth-order valence-corrected chi connectivity index (χ4v) is 3.33. The first kappa shape index (κ1) is 19.9. The molecule has 0 bridgehead atoms. The van der Waals surface area contributed by atoms with E-state index in [1.165, 1.54) is 13.8 Å². The van der Waals surface area contributed by atoms with Crippen molar-refractivity contribution in [1.82, 2.24) is 0 Å². The topological polar surface area (TPSA) is 123 Å². The largest absolute Gasteiger partial charge is 1.00 e. The molecule has 0 saturated carbocycles. The molecule has 102 valence electrons. The van der Waals surface area contributed by atoms with Crippen molar-refractivity contribution >= 4 is 25.0 Å². The summed E-state index contributed by atoms with van der Waals surface area (Å²) in [6.07, 6.45) is 0. The molecule has 2 atom stereocenters. The van der Waals surface area contributed by atoms with Crippen molar-refractivity contribution in [1.29, 1.82) is 0 Å². The van der Waals surface area contributed by atoms with Crippen LogP contribution < -0.4 is 14.7 Å². The third kappa shape index (κ3) is 10.7. The van der Waals surface area contributed by atoms with E-state index in [2.05, 4.69) is 17.7 Å². The molecule has 0 fully saturated rings. The van der Waals surface area contributed by atoms with Crippen molar-refractivity contribution in [2.75, 3.05) is 13.2 Å². The van der Waals surface area contributed by atoms with Crippen molar-refractivity contribution in [2.24, 2.45) is 0 Å². The molecular weight excluding hydrogens is 377 g/mol.